The summed E-state index contributed by atoms with van der Waals surface area (Å²) in [6.45, 7) is 0.825. The van der Waals surface area contributed by atoms with Gasteiger partial charge in [0.05, 0.1) is 5.01 Å². The molecule has 1 aliphatic rings. The van der Waals surface area contributed by atoms with E-state index in [1.54, 1.807) is 23.6 Å². The zero-order chi connectivity index (χ0) is 12.4. The van der Waals surface area contributed by atoms with Crippen LogP contribution >= 0.6 is 11.3 Å². The van der Waals surface area contributed by atoms with Gasteiger partial charge in [-0.05, 0) is 36.1 Å². The van der Waals surface area contributed by atoms with Gasteiger partial charge >= 0.3 is 0 Å². The van der Waals surface area contributed by atoms with E-state index < -0.39 is 0 Å². The van der Waals surface area contributed by atoms with Crippen LogP contribution in [0.15, 0.2) is 29.8 Å². The predicted molar refractivity (Wildman–Crippen MR) is 71.2 cm³/mol. The van der Waals surface area contributed by atoms with E-state index in [1.807, 2.05) is 11.4 Å². The van der Waals surface area contributed by atoms with Crippen LogP contribution < -0.4 is 5.32 Å². The van der Waals surface area contributed by atoms with E-state index in [1.165, 1.54) is 24.5 Å². The standard InChI is InChI=1S/C14H15FN2S/c15-12-2-1-10(9-17-13-3-4-13)11(7-12)8-14-16-5-6-18-14/h1-2,5-7,13,17H,3-4,8-9H2. The Morgan fingerprint density at radius 3 is 2.94 bits per heavy atom. The van der Waals surface area contributed by atoms with Crippen molar-refractivity contribution in [3.8, 4) is 0 Å². The minimum absolute atomic E-state index is 0.170. The van der Waals surface area contributed by atoms with E-state index in [0.29, 0.717) is 6.04 Å². The minimum atomic E-state index is -0.170. The van der Waals surface area contributed by atoms with Crippen molar-refractivity contribution in [2.24, 2.45) is 0 Å². The summed E-state index contributed by atoms with van der Waals surface area (Å²) in [6.07, 6.45) is 5.05. The second-order valence-corrected chi connectivity index (χ2v) is 5.65. The third-order valence-corrected chi connectivity index (χ3v) is 3.93. The smallest absolute Gasteiger partial charge is 0.123 e. The Morgan fingerprint density at radius 1 is 1.33 bits per heavy atom. The first-order valence-electron chi connectivity index (χ1n) is 6.20. The molecule has 0 saturated heterocycles. The van der Waals surface area contributed by atoms with Gasteiger partial charge in [-0.3, -0.25) is 0 Å². The topological polar surface area (TPSA) is 24.9 Å². The van der Waals surface area contributed by atoms with Crippen molar-refractivity contribution in [1.29, 1.82) is 0 Å². The lowest BCUT2D eigenvalue weighted by Crippen LogP contribution is -2.16. The zero-order valence-electron chi connectivity index (χ0n) is 10.0. The van der Waals surface area contributed by atoms with Crippen molar-refractivity contribution in [1.82, 2.24) is 10.3 Å². The molecule has 1 fully saturated rings. The highest BCUT2D eigenvalue weighted by atomic mass is 32.1. The molecule has 4 heteroatoms. The third kappa shape index (κ3) is 2.94. The van der Waals surface area contributed by atoms with Crippen LogP contribution in [-0.4, -0.2) is 11.0 Å². The fourth-order valence-corrected chi connectivity index (χ4v) is 2.62. The summed E-state index contributed by atoms with van der Waals surface area (Å²) >= 11 is 1.62. The van der Waals surface area contributed by atoms with Crippen LogP contribution in [0.3, 0.4) is 0 Å². The van der Waals surface area contributed by atoms with Crippen molar-refractivity contribution in [3.63, 3.8) is 0 Å². The molecule has 18 heavy (non-hydrogen) atoms. The molecule has 0 amide bonds. The maximum atomic E-state index is 13.3. The van der Waals surface area contributed by atoms with Crippen molar-refractivity contribution in [2.75, 3.05) is 0 Å². The summed E-state index contributed by atoms with van der Waals surface area (Å²) in [4.78, 5) is 4.27. The van der Waals surface area contributed by atoms with Gasteiger partial charge < -0.3 is 5.32 Å². The summed E-state index contributed by atoms with van der Waals surface area (Å²) < 4.78 is 13.3. The average Bonchev–Trinajstić information content (AvgIpc) is 3.05. The van der Waals surface area contributed by atoms with Crippen molar-refractivity contribution >= 4 is 11.3 Å². The fraction of sp³-hybridized carbons (Fsp3) is 0.357. The molecule has 2 nitrogen and oxygen atoms in total. The molecule has 1 aromatic carbocycles. The molecule has 0 unspecified atom stereocenters. The molecule has 0 spiro atoms. The first-order valence-corrected chi connectivity index (χ1v) is 7.08. The van der Waals surface area contributed by atoms with Gasteiger partial charge in [0.25, 0.3) is 0 Å². The number of hydrogen-bond acceptors (Lipinski definition) is 3. The molecule has 1 aliphatic carbocycles. The number of thiazole rings is 1. The molecule has 2 aromatic rings. The molecule has 1 aromatic heterocycles. The first kappa shape index (κ1) is 11.8. The van der Waals surface area contributed by atoms with Crippen LogP contribution in [0, 0.1) is 5.82 Å². The predicted octanol–water partition coefficient (Wildman–Crippen LogP) is 3.13. The highest BCUT2D eigenvalue weighted by Crippen LogP contribution is 2.21. The largest absolute Gasteiger partial charge is 0.310 e. The van der Waals surface area contributed by atoms with Gasteiger partial charge in [0.1, 0.15) is 5.82 Å². The lowest BCUT2D eigenvalue weighted by Gasteiger charge is -2.09. The molecule has 94 valence electrons. The minimum Gasteiger partial charge on any atom is -0.310 e. The molecule has 0 bridgehead atoms. The van der Waals surface area contributed by atoms with E-state index in [4.69, 9.17) is 0 Å². The number of hydrogen-bond donors (Lipinski definition) is 1. The molecule has 3 rings (SSSR count). The maximum Gasteiger partial charge on any atom is 0.123 e. The summed E-state index contributed by atoms with van der Waals surface area (Å²) in [6, 6.07) is 5.72. The van der Waals surface area contributed by atoms with Gasteiger partial charge in [-0.1, -0.05) is 6.07 Å². The van der Waals surface area contributed by atoms with E-state index >= 15 is 0 Å². The number of rotatable bonds is 5. The molecule has 1 saturated carbocycles. The normalized spacial score (nSPS) is 14.9. The fourth-order valence-electron chi connectivity index (χ4n) is 1.98. The Hall–Kier alpha value is -1.26. The Morgan fingerprint density at radius 2 is 2.22 bits per heavy atom. The van der Waals surface area contributed by atoms with Gasteiger partial charge in [-0.15, -0.1) is 11.3 Å². The molecule has 0 atom stereocenters. The lowest BCUT2D eigenvalue weighted by atomic mass is 10.0. The summed E-state index contributed by atoms with van der Waals surface area (Å²) in [7, 11) is 0. The summed E-state index contributed by atoms with van der Waals surface area (Å²) in [5.41, 5.74) is 2.22. The Labute approximate surface area is 110 Å². The molecule has 0 aliphatic heterocycles. The lowest BCUT2D eigenvalue weighted by molar-refractivity contribution is 0.621. The highest BCUT2D eigenvalue weighted by Gasteiger charge is 2.20. The number of benzene rings is 1. The van der Waals surface area contributed by atoms with E-state index in [9.17, 15) is 4.39 Å². The summed E-state index contributed by atoms with van der Waals surface area (Å²) in [5.74, 6) is -0.170. The Kier molecular flexibility index (Phi) is 3.39. The van der Waals surface area contributed by atoms with Crippen molar-refractivity contribution < 1.29 is 4.39 Å². The number of nitrogens with zero attached hydrogens (tertiary/aromatic N) is 1. The van der Waals surface area contributed by atoms with Crippen molar-refractivity contribution in [2.45, 2.75) is 31.8 Å². The third-order valence-electron chi connectivity index (χ3n) is 3.15. The van der Waals surface area contributed by atoms with E-state index in [2.05, 4.69) is 10.3 Å². The van der Waals surface area contributed by atoms with E-state index in [-0.39, 0.29) is 5.82 Å². The van der Waals surface area contributed by atoms with Gasteiger partial charge in [-0.2, -0.15) is 0 Å². The number of nitrogens with one attached hydrogen (secondary N) is 1. The van der Waals surface area contributed by atoms with Crippen molar-refractivity contribution in [3.05, 3.63) is 51.7 Å². The van der Waals surface area contributed by atoms with Crippen LogP contribution in [0.1, 0.15) is 29.0 Å². The maximum absolute atomic E-state index is 13.3. The number of halogens is 1. The quantitative estimate of drug-likeness (QED) is 0.895. The Balaban J connectivity index is 1.78. The first-order chi connectivity index (χ1) is 8.81. The molecule has 1 heterocycles. The average molecular weight is 262 g/mol. The van der Waals surface area contributed by atoms with E-state index in [0.717, 1.165) is 23.5 Å². The van der Waals surface area contributed by atoms with Gasteiger partial charge in [0, 0.05) is 30.6 Å². The summed E-state index contributed by atoms with van der Waals surface area (Å²) in [5, 5.41) is 6.46. The van der Waals surface area contributed by atoms with Crippen LogP contribution in [0.25, 0.3) is 0 Å². The molecule has 0 radical (unpaired) electrons. The van der Waals surface area contributed by atoms with Gasteiger partial charge in [-0.25, -0.2) is 9.37 Å². The second-order valence-electron chi connectivity index (χ2n) is 4.67. The molecular formula is C14H15FN2S. The van der Waals surface area contributed by atoms with Crippen LogP contribution in [-0.2, 0) is 13.0 Å². The highest BCUT2D eigenvalue weighted by molar-refractivity contribution is 7.09. The monoisotopic (exact) mass is 262 g/mol. The molecule has 1 N–H and O–H groups in total. The SMILES string of the molecule is Fc1ccc(CNC2CC2)c(Cc2nccs2)c1. The Bertz CT molecular complexity index is 521. The van der Waals surface area contributed by atoms with Gasteiger partial charge in [0.15, 0.2) is 0 Å². The van der Waals surface area contributed by atoms with Crippen LogP contribution in [0.5, 0.6) is 0 Å². The van der Waals surface area contributed by atoms with Crippen LogP contribution in [0.2, 0.25) is 0 Å². The molecular weight excluding hydrogens is 247 g/mol. The van der Waals surface area contributed by atoms with Crippen LogP contribution in [0.4, 0.5) is 4.39 Å². The zero-order valence-corrected chi connectivity index (χ0v) is 10.8. The van der Waals surface area contributed by atoms with Gasteiger partial charge in [0.2, 0.25) is 0 Å². The number of aromatic nitrogens is 1. The second kappa shape index (κ2) is 5.16.